The average Bonchev–Trinajstić information content (AvgIpc) is 3.00. The predicted molar refractivity (Wildman–Crippen MR) is 98.0 cm³/mol. The summed E-state index contributed by atoms with van der Waals surface area (Å²) in [4.78, 5) is 12.0. The minimum atomic E-state index is -0.734. The molecular weight excluding hydrogens is 334 g/mol. The smallest absolute Gasteiger partial charge is 0.274 e. The molecule has 0 fully saturated rings. The van der Waals surface area contributed by atoms with E-state index in [1.165, 1.54) is 10.6 Å². The first kappa shape index (κ1) is 18.0. The summed E-state index contributed by atoms with van der Waals surface area (Å²) in [5.41, 5.74) is 2.00. The Kier molecular flexibility index (Phi) is 5.27. The van der Waals surface area contributed by atoms with Gasteiger partial charge in [0.05, 0.1) is 18.8 Å². The van der Waals surface area contributed by atoms with E-state index < -0.39 is 6.10 Å². The number of ether oxygens (including phenoxy) is 2. The normalized spacial score (nSPS) is 12.3. The largest absolute Gasteiger partial charge is 0.494 e. The van der Waals surface area contributed by atoms with Crippen LogP contribution in [0.5, 0.6) is 11.5 Å². The Balaban J connectivity index is 1.69. The Hall–Kier alpha value is -2.80. The summed E-state index contributed by atoms with van der Waals surface area (Å²) < 4.78 is 14.3. The molecule has 0 radical (unpaired) electrons. The molecule has 0 saturated carbocycles. The van der Waals surface area contributed by atoms with Crippen molar-refractivity contribution < 1.29 is 14.6 Å². The van der Waals surface area contributed by atoms with Crippen LogP contribution >= 0.6 is 0 Å². The van der Waals surface area contributed by atoms with Gasteiger partial charge in [-0.3, -0.25) is 4.79 Å². The highest BCUT2D eigenvalue weighted by molar-refractivity contribution is 5.41. The van der Waals surface area contributed by atoms with E-state index in [0.717, 1.165) is 17.1 Å². The number of fused-ring (bicyclic) bond motifs is 1. The van der Waals surface area contributed by atoms with Crippen LogP contribution in [0.25, 0.3) is 5.65 Å². The van der Waals surface area contributed by atoms with Crippen LogP contribution < -0.4 is 15.0 Å². The second kappa shape index (κ2) is 7.61. The predicted octanol–water partition coefficient (Wildman–Crippen LogP) is 1.95. The highest BCUT2D eigenvalue weighted by Gasteiger charge is 2.13. The zero-order chi connectivity index (χ0) is 18.7. The first-order valence-corrected chi connectivity index (χ1v) is 8.58. The van der Waals surface area contributed by atoms with Crippen LogP contribution in [0.15, 0.2) is 41.2 Å². The first-order chi connectivity index (χ1) is 12.5. The number of rotatable bonds is 7. The van der Waals surface area contributed by atoms with Crippen molar-refractivity contribution >= 4 is 5.65 Å². The highest BCUT2D eigenvalue weighted by atomic mass is 16.5. The van der Waals surface area contributed by atoms with Crippen molar-refractivity contribution in [1.29, 1.82) is 0 Å². The van der Waals surface area contributed by atoms with Crippen molar-refractivity contribution in [1.82, 2.24) is 14.2 Å². The van der Waals surface area contributed by atoms with Gasteiger partial charge in [-0.1, -0.05) is 0 Å². The van der Waals surface area contributed by atoms with Gasteiger partial charge in [-0.2, -0.15) is 9.61 Å². The van der Waals surface area contributed by atoms with Crippen LogP contribution in [0.4, 0.5) is 0 Å². The summed E-state index contributed by atoms with van der Waals surface area (Å²) in [5, 5.41) is 14.6. The lowest BCUT2D eigenvalue weighted by atomic mass is 10.3. The number of aliphatic hydroxyl groups excluding tert-OH is 1. The van der Waals surface area contributed by atoms with E-state index in [9.17, 15) is 9.90 Å². The summed E-state index contributed by atoms with van der Waals surface area (Å²) >= 11 is 0. The van der Waals surface area contributed by atoms with Gasteiger partial charge in [0, 0.05) is 17.8 Å². The number of aliphatic hydroxyl groups is 1. The third kappa shape index (κ3) is 3.88. The molecular formula is C19H23N3O4. The average molecular weight is 357 g/mol. The molecule has 0 aliphatic heterocycles. The second-order valence-corrected chi connectivity index (χ2v) is 6.16. The van der Waals surface area contributed by atoms with Crippen LogP contribution in [-0.4, -0.2) is 38.6 Å². The molecule has 0 bridgehead atoms. The van der Waals surface area contributed by atoms with E-state index in [4.69, 9.17) is 9.47 Å². The van der Waals surface area contributed by atoms with E-state index in [1.54, 1.807) is 12.1 Å². The lowest BCUT2D eigenvalue weighted by Gasteiger charge is -2.17. The summed E-state index contributed by atoms with van der Waals surface area (Å²) in [6, 6.07) is 10.6. The maximum Gasteiger partial charge on any atom is 0.274 e. The van der Waals surface area contributed by atoms with Gasteiger partial charge in [-0.05, 0) is 45.0 Å². The Morgan fingerprint density at radius 1 is 1.12 bits per heavy atom. The van der Waals surface area contributed by atoms with Gasteiger partial charge < -0.3 is 19.1 Å². The summed E-state index contributed by atoms with van der Waals surface area (Å²) in [6.07, 6.45) is -0.734. The van der Waals surface area contributed by atoms with Crippen molar-refractivity contribution in [2.45, 2.75) is 33.4 Å². The van der Waals surface area contributed by atoms with Crippen LogP contribution in [0, 0.1) is 13.8 Å². The maximum atomic E-state index is 12.0. The molecule has 0 unspecified atom stereocenters. The first-order valence-electron chi connectivity index (χ1n) is 8.58. The van der Waals surface area contributed by atoms with Gasteiger partial charge in [-0.25, -0.2) is 0 Å². The van der Waals surface area contributed by atoms with Crippen LogP contribution in [-0.2, 0) is 6.54 Å². The van der Waals surface area contributed by atoms with E-state index in [1.807, 2.05) is 43.5 Å². The molecule has 7 nitrogen and oxygen atoms in total. The quantitative estimate of drug-likeness (QED) is 0.699. The molecule has 0 amide bonds. The zero-order valence-electron chi connectivity index (χ0n) is 15.2. The van der Waals surface area contributed by atoms with Crippen molar-refractivity contribution in [3.63, 3.8) is 0 Å². The van der Waals surface area contributed by atoms with Gasteiger partial charge in [0.2, 0.25) is 0 Å². The molecule has 1 aromatic carbocycles. The van der Waals surface area contributed by atoms with Crippen LogP contribution in [0.2, 0.25) is 0 Å². The van der Waals surface area contributed by atoms with Gasteiger partial charge >= 0.3 is 0 Å². The van der Waals surface area contributed by atoms with Crippen molar-refractivity contribution in [3.8, 4) is 11.5 Å². The molecule has 1 atom stereocenters. The summed E-state index contributed by atoms with van der Waals surface area (Å²) in [7, 11) is 0. The number of benzene rings is 1. The lowest BCUT2D eigenvalue weighted by molar-refractivity contribution is 0.0926. The molecule has 7 heteroatoms. The Morgan fingerprint density at radius 3 is 2.42 bits per heavy atom. The summed E-state index contributed by atoms with van der Waals surface area (Å²) in [6.45, 7) is 6.65. The molecule has 0 saturated heterocycles. The molecule has 1 N–H and O–H groups in total. The number of hydrogen-bond acceptors (Lipinski definition) is 5. The van der Waals surface area contributed by atoms with Gasteiger partial charge in [0.1, 0.15) is 29.9 Å². The molecule has 26 heavy (non-hydrogen) atoms. The molecule has 0 aliphatic rings. The van der Waals surface area contributed by atoms with E-state index in [2.05, 4.69) is 5.10 Å². The van der Waals surface area contributed by atoms with Crippen molar-refractivity contribution in [2.24, 2.45) is 0 Å². The minimum Gasteiger partial charge on any atom is -0.494 e. The topological polar surface area (TPSA) is 78.0 Å². The van der Waals surface area contributed by atoms with Crippen LogP contribution in [0.3, 0.4) is 0 Å². The van der Waals surface area contributed by atoms with E-state index in [-0.39, 0.29) is 12.2 Å². The Labute approximate surface area is 151 Å². The monoisotopic (exact) mass is 357 g/mol. The molecule has 3 rings (SSSR count). The lowest BCUT2D eigenvalue weighted by Crippen LogP contribution is -2.27. The SMILES string of the molecule is CCOc1ccc(OC[C@H](O)Cn2c(C)cc(=O)n3nc(C)cc23)cc1. The third-order valence-corrected chi connectivity index (χ3v) is 4.03. The van der Waals surface area contributed by atoms with Crippen LogP contribution in [0.1, 0.15) is 18.3 Å². The second-order valence-electron chi connectivity index (χ2n) is 6.16. The number of hydrogen-bond donors (Lipinski definition) is 1. The molecule has 0 spiro atoms. The number of aryl methyl sites for hydroxylation is 2. The molecule has 3 aromatic rings. The van der Waals surface area contributed by atoms with E-state index >= 15 is 0 Å². The number of aromatic nitrogens is 3. The Bertz CT molecular complexity index is 944. The molecule has 0 aliphatic carbocycles. The zero-order valence-corrected chi connectivity index (χ0v) is 15.2. The molecule has 2 aromatic heterocycles. The standard InChI is InChI=1S/C19H23N3O4/c1-4-25-16-5-7-17(8-6-16)26-12-15(23)11-21-14(3)10-19(24)22-18(21)9-13(2)20-22/h5-10,15,23H,4,11-12H2,1-3H3/t15-/m1/s1. The third-order valence-electron chi connectivity index (χ3n) is 4.03. The van der Waals surface area contributed by atoms with Gasteiger partial charge in [0.25, 0.3) is 5.56 Å². The maximum absolute atomic E-state index is 12.0. The van der Waals surface area contributed by atoms with Gasteiger partial charge in [-0.15, -0.1) is 0 Å². The fraction of sp³-hybridized carbons (Fsp3) is 0.368. The van der Waals surface area contributed by atoms with Crippen molar-refractivity contribution in [3.05, 3.63) is 58.1 Å². The highest BCUT2D eigenvalue weighted by Crippen LogP contribution is 2.18. The minimum absolute atomic E-state index is 0.138. The van der Waals surface area contributed by atoms with E-state index in [0.29, 0.717) is 24.5 Å². The summed E-state index contributed by atoms with van der Waals surface area (Å²) in [5.74, 6) is 1.44. The fourth-order valence-electron chi connectivity index (χ4n) is 2.83. The number of nitrogens with zero attached hydrogens (tertiary/aromatic N) is 3. The molecule has 138 valence electrons. The van der Waals surface area contributed by atoms with Crippen molar-refractivity contribution in [2.75, 3.05) is 13.2 Å². The van der Waals surface area contributed by atoms with Gasteiger partial charge in [0.15, 0.2) is 0 Å². The Morgan fingerprint density at radius 2 is 1.77 bits per heavy atom. The molecule has 2 heterocycles. The fourth-order valence-corrected chi connectivity index (χ4v) is 2.83.